The van der Waals surface area contributed by atoms with Gasteiger partial charge in [0.1, 0.15) is 24.2 Å². The predicted molar refractivity (Wildman–Crippen MR) is 109 cm³/mol. The average molecular weight is 434 g/mol. The van der Waals surface area contributed by atoms with Crippen LogP contribution in [0.1, 0.15) is 25.0 Å². The van der Waals surface area contributed by atoms with Crippen LogP contribution in [0, 0.1) is 0 Å². The topological polar surface area (TPSA) is 50.7 Å². The highest BCUT2D eigenvalue weighted by Gasteiger charge is 2.30. The van der Waals surface area contributed by atoms with Gasteiger partial charge in [0.15, 0.2) is 0 Å². The molecular weight excluding hydrogens is 407 g/mol. The Morgan fingerprint density at radius 2 is 1.69 bits per heavy atom. The summed E-state index contributed by atoms with van der Waals surface area (Å²) < 4.78 is 48.6. The molecule has 0 aliphatic heterocycles. The Morgan fingerprint density at radius 1 is 1.03 bits per heavy atom. The van der Waals surface area contributed by atoms with Gasteiger partial charge in [-0.05, 0) is 56.2 Å². The van der Waals surface area contributed by atoms with E-state index in [4.69, 9.17) is 9.47 Å². The maximum atomic E-state index is 12.7. The number of halogens is 4. The van der Waals surface area contributed by atoms with E-state index in [2.05, 4.69) is 5.32 Å². The van der Waals surface area contributed by atoms with Crippen LogP contribution >= 0.6 is 12.4 Å². The fraction of sp³-hybridized carbons (Fsp3) is 0.429. The van der Waals surface area contributed by atoms with Crippen molar-refractivity contribution in [1.29, 1.82) is 0 Å². The summed E-state index contributed by atoms with van der Waals surface area (Å²) in [6.07, 6.45) is -4.55. The average Bonchev–Trinajstić information content (AvgIpc) is 2.65. The number of methoxy groups -OCH3 is 1. The largest absolute Gasteiger partial charge is 0.497 e. The fourth-order valence-electron chi connectivity index (χ4n) is 2.72. The molecule has 0 aliphatic rings. The van der Waals surface area contributed by atoms with Gasteiger partial charge in [0, 0.05) is 12.1 Å². The van der Waals surface area contributed by atoms with E-state index >= 15 is 0 Å². The maximum Gasteiger partial charge on any atom is 0.416 e. The number of β-amino-alcohol motifs (C(OH)–C–C–N with tert-alkyl or cyclic N) is 1. The molecule has 2 rings (SSSR count). The molecule has 1 atom stereocenters. The molecule has 2 N–H and O–H groups in total. The molecular formula is C21H27ClF3NO3. The lowest BCUT2D eigenvalue weighted by molar-refractivity contribution is -0.137. The number of alkyl halides is 3. The Balaban J connectivity index is 0.00000420. The minimum atomic E-state index is -4.43. The first-order chi connectivity index (χ1) is 13.1. The summed E-state index contributed by atoms with van der Waals surface area (Å²) in [4.78, 5) is 0. The number of ether oxygens (including phenoxy) is 2. The number of benzene rings is 2. The maximum absolute atomic E-state index is 12.7. The molecule has 0 saturated heterocycles. The summed E-state index contributed by atoms with van der Waals surface area (Å²) in [5.74, 6) is 0.864. The van der Waals surface area contributed by atoms with Gasteiger partial charge < -0.3 is 19.9 Å². The minimum Gasteiger partial charge on any atom is -0.497 e. The van der Waals surface area contributed by atoms with Crippen molar-refractivity contribution in [2.24, 2.45) is 0 Å². The molecule has 0 heterocycles. The number of rotatable bonds is 9. The van der Waals surface area contributed by atoms with Gasteiger partial charge in [-0.3, -0.25) is 0 Å². The lowest BCUT2D eigenvalue weighted by Crippen LogP contribution is -2.46. The van der Waals surface area contributed by atoms with Crippen molar-refractivity contribution in [3.8, 4) is 11.5 Å². The van der Waals surface area contributed by atoms with Crippen molar-refractivity contribution in [3.63, 3.8) is 0 Å². The number of aliphatic hydroxyl groups is 1. The van der Waals surface area contributed by atoms with Crippen LogP contribution in [0.3, 0.4) is 0 Å². The lowest BCUT2D eigenvalue weighted by atomic mass is 9.94. The molecule has 0 bridgehead atoms. The third kappa shape index (κ3) is 8.51. The van der Waals surface area contributed by atoms with E-state index in [0.29, 0.717) is 0 Å². The first kappa shape index (κ1) is 25.1. The molecule has 0 radical (unpaired) electrons. The van der Waals surface area contributed by atoms with Gasteiger partial charge in [0.25, 0.3) is 0 Å². The molecule has 0 saturated carbocycles. The second kappa shape index (κ2) is 10.7. The normalized spacial score (nSPS) is 12.8. The Hall–Kier alpha value is -1.96. The van der Waals surface area contributed by atoms with E-state index < -0.39 is 17.8 Å². The third-order valence-electron chi connectivity index (χ3n) is 4.23. The van der Waals surface area contributed by atoms with E-state index in [1.165, 1.54) is 12.1 Å². The molecule has 1 unspecified atom stereocenters. The Labute approximate surface area is 175 Å². The molecule has 2 aromatic rings. The van der Waals surface area contributed by atoms with Crippen LogP contribution in [0.15, 0.2) is 48.5 Å². The van der Waals surface area contributed by atoms with Crippen LogP contribution in [0.25, 0.3) is 0 Å². The van der Waals surface area contributed by atoms with E-state index in [0.717, 1.165) is 29.9 Å². The van der Waals surface area contributed by atoms with E-state index in [-0.39, 0.29) is 36.8 Å². The predicted octanol–water partition coefficient (Wildman–Crippen LogP) is 4.49. The van der Waals surface area contributed by atoms with Crippen molar-refractivity contribution in [2.45, 2.75) is 38.1 Å². The quantitative estimate of drug-likeness (QED) is 0.612. The van der Waals surface area contributed by atoms with Crippen LogP contribution in [-0.4, -0.2) is 37.0 Å². The first-order valence-electron chi connectivity index (χ1n) is 8.95. The van der Waals surface area contributed by atoms with Crippen molar-refractivity contribution in [2.75, 3.05) is 20.3 Å². The highest BCUT2D eigenvalue weighted by atomic mass is 35.5. The van der Waals surface area contributed by atoms with Crippen LogP contribution in [0.4, 0.5) is 13.2 Å². The minimum absolute atomic E-state index is 0. The van der Waals surface area contributed by atoms with E-state index in [9.17, 15) is 18.3 Å². The molecule has 4 nitrogen and oxygen atoms in total. The van der Waals surface area contributed by atoms with Gasteiger partial charge in [-0.2, -0.15) is 13.2 Å². The van der Waals surface area contributed by atoms with Crippen molar-refractivity contribution in [1.82, 2.24) is 5.32 Å². The molecule has 0 aromatic heterocycles. The van der Waals surface area contributed by atoms with Gasteiger partial charge in [-0.15, -0.1) is 12.4 Å². The highest BCUT2D eigenvalue weighted by Crippen LogP contribution is 2.31. The SMILES string of the molecule is COc1ccc(CC(C)(C)NCC(O)COc2cccc(C(F)(F)F)c2)cc1.Cl. The van der Waals surface area contributed by atoms with Crippen molar-refractivity contribution >= 4 is 12.4 Å². The summed E-state index contributed by atoms with van der Waals surface area (Å²) in [7, 11) is 1.61. The van der Waals surface area contributed by atoms with Crippen molar-refractivity contribution < 1.29 is 27.8 Å². The molecule has 8 heteroatoms. The van der Waals surface area contributed by atoms with Gasteiger partial charge in [0.2, 0.25) is 0 Å². The zero-order valence-electron chi connectivity index (χ0n) is 16.6. The van der Waals surface area contributed by atoms with Crippen LogP contribution < -0.4 is 14.8 Å². The smallest absolute Gasteiger partial charge is 0.416 e. The van der Waals surface area contributed by atoms with Gasteiger partial charge >= 0.3 is 6.18 Å². The zero-order valence-corrected chi connectivity index (χ0v) is 17.4. The molecule has 0 fully saturated rings. The summed E-state index contributed by atoms with van der Waals surface area (Å²) in [6, 6.07) is 12.4. The second-order valence-corrected chi connectivity index (χ2v) is 7.28. The molecule has 0 aliphatic carbocycles. The van der Waals surface area contributed by atoms with Crippen LogP contribution in [0.2, 0.25) is 0 Å². The zero-order chi connectivity index (χ0) is 20.8. The van der Waals surface area contributed by atoms with Gasteiger partial charge in [0.05, 0.1) is 12.7 Å². The van der Waals surface area contributed by atoms with E-state index in [1.807, 2.05) is 38.1 Å². The second-order valence-electron chi connectivity index (χ2n) is 7.28. The fourth-order valence-corrected chi connectivity index (χ4v) is 2.72. The van der Waals surface area contributed by atoms with Gasteiger partial charge in [-0.1, -0.05) is 18.2 Å². The van der Waals surface area contributed by atoms with Crippen LogP contribution in [-0.2, 0) is 12.6 Å². The van der Waals surface area contributed by atoms with Gasteiger partial charge in [-0.25, -0.2) is 0 Å². The standard InChI is InChI=1S/C21H26F3NO3.ClH/c1-20(2,12-15-7-9-18(27-3)10-8-15)25-13-17(26)14-28-19-6-4-5-16(11-19)21(22,23)24;/h4-11,17,25-26H,12-14H2,1-3H3;1H. The molecule has 2 aromatic carbocycles. The number of hydrogen-bond donors (Lipinski definition) is 2. The molecule has 29 heavy (non-hydrogen) atoms. The number of nitrogens with one attached hydrogen (secondary N) is 1. The number of aliphatic hydroxyl groups excluding tert-OH is 1. The summed E-state index contributed by atoms with van der Waals surface area (Å²) in [5, 5.41) is 13.4. The van der Waals surface area contributed by atoms with Crippen LogP contribution in [0.5, 0.6) is 11.5 Å². The van der Waals surface area contributed by atoms with Crippen molar-refractivity contribution in [3.05, 3.63) is 59.7 Å². The Bertz CT molecular complexity index is 752. The summed E-state index contributed by atoms with van der Waals surface area (Å²) >= 11 is 0. The molecule has 0 amide bonds. The lowest BCUT2D eigenvalue weighted by Gasteiger charge is -2.28. The Morgan fingerprint density at radius 3 is 2.28 bits per heavy atom. The summed E-state index contributed by atoms with van der Waals surface area (Å²) in [5.41, 5.74) is 0.0532. The number of hydrogen-bond acceptors (Lipinski definition) is 4. The molecule has 162 valence electrons. The highest BCUT2D eigenvalue weighted by molar-refractivity contribution is 5.85. The molecule has 0 spiro atoms. The van der Waals surface area contributed by atoms with E-state index in [1.54, 1.807) is 7.11 Å². The first-order valence-corrected chi connectivity index (χ1v) is 8.95. The monoisotopic (exact) mass is 433 g/mol. The summed E-state index contributed by atoms with van der Waals surface area (Å²) in [6.45, 7) is 4.17. The third-order valence-corrected chi connectivity index (χ3v) is 4.23. The Kier molecular flexibility index (Phi) is 9.26.